The molecule has 2 aromatic carbocycles. The highest BCUT2D eigenvalue weighted by atomic mass is 16.5. The Morgan fingerprint density at radius 2 is 1.62 bits per heavy atom. The molecule has 2 aromatic rings. The highest BCUT2D eigenvalue weighted by molar-refractivity contribution is 5.56. The Morgan fingerprint density at radius 3 is 2.38 bits per heavy atom. The van der Waals surface area contributed by atoms with E-state index in [1.165, 1.54) is 22.4 Å². The summed E-state index contributed by atoms with van der Waals surface area (Å²) in [5.41, 5.74) is 5.43. The Morgan fingerprint density at radius 1 is 0.917 bits per heavy atom. The average molecular weight is 326 g/mol. The third-order valence-electron chi connectivity index (χ3n) is 4.51. The molecular formula is C20H26N2O2. The first-order valence-corrected chi connectivity index (χ1v) is 8.57. The van der Waals surface area contributed by atoms with E-state index in [1.807, 2.05) is 12.1 Å². The third kappa shape index (κ3) is 4.01. The predicted molar refractivity (Wildman–Crippen MR) is 98.5 cm³/mol. The largest absolute Gasteiger partial charge is 0.493 e. The minimum Gasteiger partial charge on any atom is -0.493 e. The lowest BCUT2D eigenvalue weighted by Crippen LogP contribution is -2.20. The minimum absolute atomic E-state index is 0.778. The van der Waals surface area contributed by atoms with Crippen LogP contribution in [0.15, 0.2) is 36.4 Å². The summed E-state index contributed by atoms with van der Waals surface area (Å²) in [4.78, 5) is 0. The number of methoxy groups -OCH3 is 2. The van der Waals surface area contributed by atoms with E-state index in [0.717, 1.165) is 50.4 Å². The average Bonchev–Trinajstić information content (AvgIpc) is 3.09. The summed E-state index contributed by atoms with van der Waals surface area (Å²) in [7, 11) is 3.33. The quantitative estimate of drug-likeness (QED) is 0.732. The van der Waals surface area contributed by atoms with Gasteiger partial charge >= 0.3 is 0 Å². The Hall–Kier alpha value is -2.20. The molecule has 0 bridgehead atoms. The van der Waals surface area contributed by atoms with Crippen LogP contribution in [0.5, 0.6) is 11.5 Å². The van der Waals surface area contributed by atoms with Crippen molar-refractivity contribution in [2.24, 2.45) is 0 Å². The van der Waals surface area contributed by atoms with Gasteiger partial charge in [0.15, 0.2) is 11.5 Å². The topological polar surface area (TPSA) is 42.5 Å². The van der Waals surface area contributed by atoms with E-state index >= 15 is 0 Å². The van der Waals surface area contributed by atoms with E-state index in [-0.39, 0.29) is 0 Å². The van der Waals surface area contributed by atoms with Gasteiger partial charge in [-0.1, -0.05) is 18.2 Å². The van der Waals surface area contributed by atoms with Crippen LogP contribution in [0.3, 0.4) is 0 Å². The standard InChI is InChI=1S/C20H26N2O2/c1-23-19-6-4-16(14-20(19)24-2)8-11-21-10-7-15-3-5-18-17(13-15)9-12-22-18/h3-6,13-14,21-22H,7-12H2,1-2H3. The van der Waals surface area contributed by atoms with Crippen molar-refractivity contribution in [2.75, 3.05) is 39.2 Å². The number of fused-ring (bicyclic) bond motifs is 1. The second-order valence-electron chi connectivity index (χ2n) is 6.11. The lowest BCUT2D eigenvalue weighted by molar-refractivity contribution is 0.354. The molecule has 0 aliphatic carbocycles. The van der Waals surface area contributed by atoms with Crippen molar-refractivity contribution in [3.05, 3.63) is 53.1 Å². The molecule has 3 rings (SSSR count). The summed E-state index contributed by atoms with van der Waals surface area (Å²) in [6.07, 6.45) is 3.20. The molecule has 4 heteroatoms. The van der Waals surface area contributed by atoms with Crippen LogP contribution in [0.1, 0.15) is 16.7 Å². The molecule has 0 atom stereocenters. The predicted octanol–water partition coefficient (Wildman–Crippen LogP) is 3.05. The molecule has 0 saturated carbocycles. The summed E-state index contributed by atoms with van der Waals surface area (Å²) in [5.74, 6) is 1.57. The van der Waals surface area contributed by atoms with Gasteiger partial charge in [-0.25, -0.2) is 0 Å². The lowest BCUT2D eigenvalue weighted by atomic mass is 10.1. The van der Waals surface area contributed by atoms with Gasteiger partial charge in [0.2, 0.25) is 0 Å². The van der Waals surface area contributed by atoms with Gasteiger partial charge in [0.25, 0.3) is 0 Å². The third-order valence-corrected chi connectivity index (χ3v) is 4.51. The number of hydrogen-bond acceptors (Lipinski definition) is 4. The Balaban J connectivity index is 1.42. The molecule has 1 aliphatic heterocycles. The van der Waals surface area contributed by atoms with Crippen molar-refractivity contribution in [3.8, 4) is 11.5 Å². The molecule has 0 fully saturated rings. The first-order valence-electron chi connectivity index (χ1n) is 8.57. The zero-order valence-electron chi connectivity index (χ0n) is 14.5. The van der Waals surface area contributed by atoms with E-state index in [2.05, 4.69) is 34.9 Å². The monoisotopic (exact) mass is 326 g/mol. The van der Waals surface area contributed by atoms with Crippen molar-refractivity contribution in [1.29, 1.82) is 0 Å². The molecular weight excluding hydrogens is 300 g/mol. The van der Waals surface area contributed by atoms with E-state index in [4.69, 9.17) is 9.47 Å². The fourth-order valence-electron chi connectivity index (χ4n) is 3.14. The Labute approximate surface area is 144 Å². The van der Waals surface area contributed by atoms with Crippen LogP contribution in [-0.4, -0.2) is 33.9 Å². The molecule has 24 heavy (non-hydrogen) atoms. The lowest BCUT2D eigenvalue weighted by Gasteiger charge is -2.10. The van der Waals surface area contributed by atoms with Crippen LogP contribution in [0.25, 0.3) is 0 Å². The molecule has 0 amide bonds. The zero-order valence-corrected chi connectivity index (χ0v) is 14.5. The minimum atomic E-state index is 0.778. The highest BCUT2D eigenvalue weighted by Crippen LogP contribution is 2.27. The first-order chi connectivity index (χ1) is 11.8. The number of nitrogens with one attached hydrogen (secondary N) is 2. The van der Waals surface area contributed by atoms with E-state index < -0.39 is 0 Å². The van der Waals surface area contributed by atoms with Gasteiger partial charge in [0.1, 0.15) is 0 Å². The van der Waals surface area contributed by atoms with Gasteiger partial charge in [-0.2, -0.15) is 0 Å². The molecule has 0 aromatic heterocycles. The van der Waals surface area contributed by atoms with Crippen LogP contribution in [0.4, 0.5) is 5.69 Å². The SMILES string of the molecule is COc1ccc(CCNCCc2ccc3c(c2)CCN3)cc1OC. The first kappa shape index (κ1) is 16.7. The summed E-state index contributed by atoms with van der Waals surface area (Å²) in [6.45, 7) is 3.03. The van der Waals surface area contributed by atoms with E-state index in [1.54, 1.807) is 14.2 Å². The number of benzene rings is 2. The molecule has 2 N–H and O–H groups in total. The van der Waals surface area contributed by atoms with Crippen molar-refractivity contribution >= 4 is 5.69 Å². The summed E-state index contributed by atoms with van der Waals surface area (Å²) in [6, 6.07) is 12.9. The fraction of sp³-hybridized carbons (Fsp3) is 0.400. The van der Waals surface area contributed by atoms with Gasteiger partial charge in [0.05, 0.1) is 14.2 Å². The molecule has 0 spiro atoms. The van der Waals surface area contributed by atoms with Crippen molar-refractivity contribution in [1.82, 2.24) is 5.32 Å². The molecule has 4 nitrogen and oxygen atoms in total. The van der Waals surface area contributed by atoms with Gasteiger partial charge in [-0.3, -0.25) is 0 Å². The van der Waals surface area contributed by atoms with Crippen LogP contribution < -0.4 is 20.1 Å². The summed E-state index contributed by atoms with van der Waals surface area (Å²) < 4.78 is 10.6. The maximum Gasteiger partial charge on any atom is 0.160 e. The van der Waals surface area contributed by atoms with Crippen LogP contribution >= 0.6 is 0 Å². The van der Waals surface area contributed by atoms with E-state index in [9.17, 15) is 0 Å². The molecule has 1 heterocycles. The van der Waals surface area contributed by atoms with Gasteiger partial charge in [-0.15, -0.1) is 0 Å². The normalized spacial score (nSPS) is 12.6. The second-order valence-corrected chi connectivity index (χ2v) is 6.11. The zero-order chi connectivity index (χ0) is 16.8. The van der Waals surface area contributed by atoms with Crippen molar-refractivity contribution in [3.63, 3.8) is 0 Å². The van der Waals surface area contributed by atoms with Crippen LogP contribution in [-0.2, 0) is 19.3 Å². The molecule has 0 unspecified atom stereocenters. The number of rotatable bonds is 8. The van der Waals surface area contributed by atoms with Gasteiger partial charge < -0.3 is 20.1 Å². The Kier molecular flexibility index (Phi) is 5.59. The van der Waals surface area contributed by atoms with Crippen molar-refractivity contribution in [2.45, 2.75) is 19.3 Å². The van der Waals surface area contributed by atoms with E-state index in [0.29, 0.717) is 0 Å². The second kappa shape index (κ2) is 8.06. The van der Waals surface area contributed by atoms with Crippen molar-refractivity contribution < 1.29 is 9.47 Å². The molecule has 128 valence electrons. The molecule has 0 saturated heterocycles. The fourth-order valence-corrected chi connectivity index (χ4v) is 3.14. The number of hydrogen-bond donors (Lipinski definition) is 2. The van der Waals surface area contributed by atoms with Gasteiger partial charge in [0, 0.05) is 12.2 Å². The summed E-state index contributed by atoms with van der Waals surface area (Å²) in [5, 5.41) is 6.93. The number of ether oxygens (including phenoxy) is 2. The van der Waals surface area contributed by atoms with Crippen LogP contribution in [0, 0.1) is 0 Å². The number of anilines is 1. The van der Waals surface area contributed by atoms with Crippen LogP contribution in [0.2, 0.25) is 0 Å². The highest BCUT2D eigenvalue weighted by Gasteiger charge is 2.09. The van der Waals surface area contributed by atoms with Gasteiger partial charge in [-0.05, 0) is 67.2 Å². The molecule has 0 radical (unpaired) electrons. The molecule has 1 aliphatic rings. The smallest absolute Gasteiger partial charge is 0.160 e. The summed E-state index contributed by atoms with van der Waals surface area (Å²) >= 11 is 0. The maximum atomic E-state index is 5.35. The Bertz CT molecular complexity index is 685. The maximum absolute atomic E-state index is 5.35.